The van der Waals surface area contributed by atoms with Crippen molar-refractivity contribution in [2.75, 3.05) is 5.32 Å². The molecule has 1 N–H and O–H groups in total. The lowest BCUT2D eigenvalue weighted by Gasteiger charge is -2.19. The van der Waals surface area contributed by atoms with Gasteiger partial charge >= 0.3 is 0 Å². The van der Waals surface area contributed by atoms with Gasteiger partial charge in [0.25, 0.3) is 0 Å². The summed E-state index contributed by atoms with van der Waals surface area (Å²) in [7, 11) is 0. The highest BCUT2D eigenvalue weighted by molar-refractivity contribution is 9.10. The molecular weight excluding hydrogens is 350 g/mol. The molecule has 1 aliphatic carbocycles. The van der Waals surface area contributed by atoms with E-state index in [1.165, 1.54) is 17.8 Å². The van der Waals surface area contributed by atoms with E-state index in [4.69, 9.17) is 0 Å². The molecule has 0 bridgehead atoms. The number of carbonyl (C=O) groups excluding carboxylic acids is 1. The van der Waals surface area contributed by atoms with Crippen LogP contribution in [0, 0.1) is 5.92 Å². The van der Waals surface area contributed by atoms with Gasteiger partial charge in [-0.05, 0) is 25.0 Å². The predicted octanol–water partition coefficient (Wildman–Crippen LogP) is 4.49. The summed E-state index contributed by atoms with van der Waals surface area (Å²) >= 11 is 4.83. The van der Waals surface area contributed by atoms with Crippen LogP contribution in [0.4, 0.5) is 5.13 Å². The molecule has 1 aromatic carbocycles. The molecule has 0 atom stereocenters. The number of amides is 1. The van der Waals surface area contributed by atoms with Crippen molar-refractivity contribution in [3.63, 3.8) is 0 Å². The largest absolute Gasteiger partial charge is 0.300 e. The van der Waals surface area contributed by atoms with E-state index >= 15 is 0 Å². The Labute approximate surface area is 136 Å². The van der Waals surface area contributed by atoms with Gasteiger partial charge < -0.3 is 5.32 Å². The Morgan fingerprint density at radius 3 is 2.57 bits per heavy atom. The van der Waals surface area contributed by atoms with Gasteiger partial charge in [-0.3, -0.25) is 4.79 Å². The molecule has 0 spiro atoms. The monoisotopic (exact) mass is 365 g/mol. The first-order valence-electron chi connectivity index (χ1n) is 7.13. The molecule has 0 radical (unpaired) electrons. The van der Waals surface area contributed by atoms with E-state index in [9.17, 15) is 4.79 Å². The summed E-state index contributed by atoms with van der Waals surface area (Å²) < 4.78 is 1.03. The lowest BCUT2D eigenvalue weighted by molar-refractivity contribution is -0.120. The van der Waals surface area contributed by atoms with Gasteiger partial charge in [0.2, 0.25) is 11.0 Å². The molecule has 0 aliphatic heterocycles. The van der Waals surface area contributed by atoms with E-state index in [1.54, 1.807) is 0 Å². The van der Waals surface area contributed by atoms with E-state index in [0.717, 1.165) is 40.7 Å². The van der Waals surface area contributed by atoms with Crippen molar-refractivity contribution in [2.24, 2.45) is 5.92 Å². The molecule has 1 aliphatic rings. The van der Waals surface area contributed by atoms with Crippen LogP contribution in [0.5, 0.6) is 0 Å². The maximum absolute atomic E-state index is 12.2. The smallest absolute Gasteiger partial charge is 0.229 e. The van der Waals surface area contributed by atoms with E-state index in [0.29, 0.717) is 5.13 Å². The van der Waals surface area contributed by atoms with Crippen LogP contribution >= 0.6 is 27.3 Å². The van der Waals surface area contributed by atoms with Gasteiger partial charge in [-0.1, -0.05) is 58.7 Å². The SMILES string of the molecule is O=C(Nc1nnc(-c2ccc(Br)cc2)s1)C1CCCCC1. The summed E-state index contributed by atoms with van der Waals surface area (Å²) in [5.74, 6) is 0.229. The Kier molecular flexibility index (Phi) is 4.65. The quantitative estimate of drug-likeness (QED) is 0.871. The maximum Gasteiger partial charge on any atom is 0.229 e. The number of halogens is 1. The fourth-order valence-corrected chi connectivity index (χ4v) is 3.57. The average Bonchev–Trinajstić information content (AvgIpc) is 2.97. The van der Waals surface area contributed by atoms with Gasteiger partial charge in [-0.2, -0.15) is 0 Å². The second kappa shape index (κ2) is 6.66. The number of nitrogens with one attached hydrogen (secondary N) is 1. The van der Waals surface area contributed by atoms with Crippen LogP contribution in [0.2, 0.25) is 0 Å². The van der Waals surface area contributed by atoms with Crippen molar-refractivity contribution < 1.29 is 4.79 Å². The summed E-state index contributed by atoms with van der Waals surface area (Å²) in [4.78, 5) is 12.2. The highest BCUT2D eigenvalue weighted by Gasteiger charge is 2.22. The minimum Gasteiger partial charge on any atom is -0.300 e. The van der Waals surface area contributed by atoms with Crippen molar-refractivity contribution in [1.29, 1.82) is 0 Å². The van der Waals surface area contributed by atoms with Crippen LogP contribution < -0.4 is 5.32 Å². The van der Waals surface area contributed by atoms with Crippen molar-refractivity contribution in [1.82, 2.24) is 10.2 Å². The third kappa shape index (κ3) is 3.68. The minimum atomic E-state index is 0.0909. The van der Waals surface area contributed by atoms with E-state index < -0.39 is 0 Å². The fourth-order valence-electron chi connectivity index (χ4n) is 2.56. The zero-order valence-corrected chi connectivity index (χ0v) is 13.9. The zero-order chi connectivity index (χ0) is 14.7. The lowest BCUT2D eigenvalue weighted by Crippen LogP contribution is -2.24. The molecule has 6 heteroatoms. The molecule has 1 aromatic heterocycles. The molecule has 0 saturated heterocycles. The Balaban J connectivity index is 1.67. The molecule has 0 unspecified atom stereocenters. The molecule has 1 saturated carbocycles. The van der Waals surface area contributed by atoms with Crippen molar-refractivity contribution in [3.05, 3.63) is 28.7 Å². The number of anilines is 1. The number of carbonyl (C=O) groups is 1. The molecular formula is C15H16BrN3OS. The normalized spacial score (nSPS) is 15.9. The number of hydrogen-bond donors (Lipinski definition) is 1. The van der Waals surface area contributed by atoms with E-state index in [1.807, 2.05) is 24.3 Å². The number of aromatic nitrogens is 2. The minimum absolute atomic E-state index is 0.0909. The summed E-state index contributed by atoms with van der Waals surface area (Å²) in [5, 5.41) is 12.5. The van der Waals surface area contributed by atoms with Gasteiger partial charge in [-0.15, -0.1) is 10.2 Å². The lowest BCUT2D eigenvalue weighted by atomic mass is 9.89. The molecule has 21 heavy (non-hydrogen) atoms. The van der Waals surface area contributed by atoms with Crippen LogP contribution in [-0.2, 0) is 4.79 Å². The van der Waals surface area contributed by atoms with Crippen LogP contribution in [0.3, 0.4) is 0 Å². The second-order valence-corrected chi connectivity index (χ2v) is 7.14. The summed E-state index contributed by atoms with van der Waals surface area (Å²) in [6.07, 6.45) is 5.53. The van der Waals surface area contributed by atoms with Gasteiger partial charge in [0.05, 0.1) is 0 Å². The van der Waals surface area contributed by atoms with Crippen LogP contribution in [0.15, 0.2) is 28.7 Å². The Morgan fingerprint density at radius 2 is 1.86 bits per heavy atom. The molecule has 3 rings (SSSR count). The maximum atomic E-state index is 12.2. The van der Waals surface area contributed by atoms with Crippen molar-refractivity contribution in [3.8, 4) is 10.6 Å². The van der Waals surface area contributed by atoms with E-state index in [2.05, 4.69) is 31.4 Å². The second-order valence-electron chi connectivity index (χ2n) is 5.24. The topological polar surface area (TPSA) is 54.9 Å². The summed E-state index contributed by atoms with van der Waals surface area (Å²) in [5.41, 5.74) is 1.01. The first-order valence-corrected chi connectivity index (χ1v) is 8.73. The van der Waals surface area contributed by atoms with Crippen LogP contribution in [-0.4, -0.2) is 16.1 Å². The molecule has 1 amide bonds. The molecule has 1 fully saturated rings. The Hall–Kier alpha value is -1.27. The van der Waals surface area contributed by atoms with Crippen LogP contribution in [0.1, 0.15) is 32.1 Å². The highest BCUT2D eigenvalue weighted by Crippen LogP contribution is 2.29. The fraction of sp³-hybridized carbons (Fsp3) is 0.400. The summed E-state index contributed by atoms with van der Waals surface area (Å²) in [6.45, 7) is 0. The van der Waals surface area contributed by atoms with Crippen molar-refractivity contribution in [2.45, 2.75) is 32.1 Å². The standard InChI is InChI=1S/C15H16BrN3OS/c16-12-8-6-11(7-9-12)14-18-19-15(21-14)17-13(20)10-4-2-1-3-5-10/h6-10H,1-5H2,(H,17,19,20). The number of rotatable bonds is 3. The summed E-state index contributed by atoms with van der Waals surface area (Å²) in [6, 6.07) is 7.91. The zero-order valence-electron chi connectivity index (χ0n) is 11.5. The number of benzene rings is 1. The van der Waals surface area contributed by atoms with Gasteiger partial charge in [0, 0.05) is 16.0 Å². The third-order valence-corrected chi connectivity index (χ3v) is 5.14. The number of nitrogens with zero attached hydrogens (tertiary/aromatic N) is 2. The van der Waals surface area contributed by atoms with E-state index in [-0.39, 0.29) is 11.8 Å². The van der Waals surface area contributed by atoms with Crippen molar-refractivity contribution >= 4 is 38.3 Å². The van der Waals surface area contributed by atoms with Gasteiger partial charge in [-0.25, -0.2) is 0 Å². The Bertz CT molecular complexity index is 620. The van der Waals surface area contributed by atoms with Crippen LogP contribution in [0.25, 0.3) is 10.6 Å². The third-order valence-electron chi connectivity index (χ3n) is 3.72. The molecule has 1 heterocycles. The molecule has 110 valence electrons. The predicted molar refractivity (Wildman–Crippen MR) is 88.2 cm³/mol. The number of hydrogen-bond acceptors (Lipinski definition) is 4. The molecule has 2 aromatic rings. The molecule has 4 nitrogen and oxygen atoms in total. The Morgan fingerprint density at radius 1 is 1.14 bits per heavy atom. The highest BCUT2D eigenvalue weighted by atomic mass is 79.9. The van der Waals surface area contributed by atoms with Gasteiger partial charge in [0.1, 0.15) is 5.01 Å². The van der Waals surface area contributed by atoms with Gasteiger partial charge in [0.15, 0.2) is 0 Å². The first kappa shape index (κ1) is 14.7. The average molecular weight is 366 g/mol. The first-order chi connectivity index (χ1) is 10.2.